The van der Waals surface area contributed by atoms with Gasteiger partial charge < -0.3 is 10.0 Å². The van der Waals surface area contributed by atoms with Crippen LogP contribution in [0.25, 0.3) is 0 Å². The molecule has 0 aromatic heterocycles. The maximum Gasteiger partial charge on any atom is 0.0831 e. The third-order valence-corrected chi connectivity index (χ3v) is 5.41. The summed E-state index contributed by atoms with van der Waals surface area (Å²) in [6, 6.07) is 0. The molecule has 0 bridgehead atoms. The average Bonchev–Trinajstić information content (AvgIpc) is 2.26. The predicted molar refractivity (Wildman–Crippen MR) is 81.8 cm³/mol. The van der Waals surface area contributed by atoms with Crippen molar-refractivity contribution in [2.24, 2.45) is 17.3 Å². The highest BCUT2D eigenvalue weighted by Crippen LogP contribution is 2.44. The number of rotatable bonds is 2. The molecule has 1 rings (SSSR count). The summed E-state index contributed by atoms with van der Waals surface area (Å²) >= 11 is 5.42. The third kappa shape index (κ3) is 3.45. The summed E-state index contributed by atoms with van der Waals surface area (Å²) in [5.41, 5.74) is -0.240. The highest BCUT2D eigenvalue weighted by molar-refractivity contribution is 7.80. The van der Waals surface area contributed by atoms with E-state index in [1.807, 2.05) is 19.0 Å². The van der Waals surface area contributed by atoms with Crippen LogP contribution in [-0.2, 0) is 0 Å². The zero-order valence-electron chi connectivity index (χ0n) is 12.8. The minimum atomic E-state index is -0.594. The van der Waals surface area contributed by atoms with Gasteiger partial charge in [0.1, 0.15) is 0 Å². The third-order valence-electron chi connectivity index (χ3n) is 4.69. The minimum absolute atomic E-state index is 0.0726. The lowest BCUT2D eigenvalue weighted by molar-refractivity contribution is -0.0473. The van der Waals surface area contributed by atoms with Crippen molar-refractivity contribution >= 4 is 17.2 Å². The fourth-order valence-corrected chi connectivity index (χ4v) is 3.25. The van der Waals surface area contributed by atoms with Crippen molar-refractivity contribution < 1.29 is 5.11 Å². The second-order valence-electron chi connectivity index (χ2n) is 7.20. The summed E-state index contributed by atoms with van der Waals surface area (Å²) < 4.78 is 0. The molecule has 1 unspecified atom stereocenters. The molecule has 0 aromatic rings. The van der Waals surface area contributed by atoms with E-state index in [1.54, 1.807) is 0 Å². The van der Waals surface area contributed by atoms with Gasteiger partial charge in [-0.05, 0) is 37.0 Å². The normalized spacial score (nSPS) is 30.9. The molecule has 0 heterocycles. The van der Waals surface area contributed by atoms with Gasteiger partial charge in [0.25, 0.3) is 0 Å². The molecule has 2 nitrogen and oxygen atoms in total. The number of thiocarbonyl (C=S) groups is 1. The fourth-order valence-electron chi connectivity index (χ4n) is 3.03. The van der Waals surface area contributed by atoms with E-state index in [1.165, 1.54) is 0 Å². The highest BCUT2D eigenvalue weighted by atomic mass is 32.1. The Morgan fingerprint density at radius 2 is 1.72 bits per heavy atom. The molecule has 1 aliphatic rings. The molecular formula is C15H29NOS. The van der Waals surface area contributed by atoms with E-state index in [2.05, 4.69) is 27.7 Å². The van der Waals surface area contributed by atoms with Crippen molar-refractivity contribution in [1.29, 1.82) is 0 Å². The minimum Gasteiger partial charge on any atom is -0.389 e. The van der Waals surface area contributed by atoms with Crippen molar-refractivity contribution in [1.82, 2.24) is 4.90 Å². The molecule has 0 aliphatic heterocycles. The van der Waals surface area contributed by atoms with Crippen LogP contribution < -0.4 is 0 Å². The average molecular weight is 271 g/mol. The van der Waals surface area contributed by atoms with Gasteiger partial charge in [0, 0.05) is 20.0 Å². The molecule has 0 aromatic carbocycles. The molecular weight excluding hydrogens is 242 g/mol. The van der Waals surface area contributed by atoms with Gasteiger partial charge in [-0.2, -0.15) is 0 Å². The highest BCUT2D eigenvalue weighted by Gasteiger charge is 2.42. The summed E-state index contributed by atoms with van der Waals surface area (Å²) in [6.07, 6.45) is 3.98. The maximum atomic E-state index is 10.8. The van der Waals surface area contributed by atoms with Crippen LogP contribution >= 0.6 is 12.2 Å². The molecule has 18 heavy (non-hydrogen) atoms. The first-order valence-electron chi connectivity index (χ1n) is 7.01. The van der Waals surface area contributed by atoms with E-state index in [9.17, 15) is 5.11 Å². The first kappa shape index (κ1) is 15.9. The number of nitrogens with zero attached hydrogens (tertiary/aromatic N) is 1. The van der Waals surface area contributed by atoms with Gasteiger partial charge in [-0.25, -0.2) is 0 Å². The first-order chi connectivity index (χ1) is 8.08. The summed E-state index contributed by atoms with van der Waals surface area (Å²) in [5.74, 6) is 0.793. The molecule has 0 spiro atoms. The second kappa shape index (κ2) is 5.46. The molecule has 1 saturated carbocycles. The zero-order valence-corrected chi connectivity index (χ0v) is 13.6. The van der Waals surface area contributed by atoms with Crippen LogP contribution in [0.3, 0.4) is 0 Å². The van der Waals surface area contributed by atoms with Crippen molar-refractivity contribution in [3.8, 4) is 0 Å². The summed E-state index contributed by atoms with van der Waals surface area (Å²) in [6.45, 7) is 8.97. The van der Waals surface area contributed by atoms with Crippen LogP contribution in [0.5, 0.6) is 0 Å². The molecule has 0 amide bonds. The van der Waals surface area contributed by atoms with Crippen LogP contribution in [0.1, 0.15) is 53.4 Å². The Kier molecular flexibility index (Phi) is 4.82. The second-order valence-corrected chi connectivity index (χ2v) is 7.62. The molecule has 0 radical (unpaired) electrons. The quantitative estimate of drug-likeness (QED) is 0.778. The summed E-state index contributed by atoms with van der Waals surface area (Å²) in [4.78, 5) is 2.82. The van der Waals surface area contributed by atoms with Crippen molar-refractivity contribution in [3.05, 3.63) is 0 Å². The van der Waals surface area contributed by atoms with Gasteiger partial charge in [0.15, 0.2) is 0 Å². The fraction of sp³-hybridized carbons (Fsp3) is 0.933. The summed E-state index contributed by atoms with van der Waals surface area (Å²) in [7, 11) is 3.92. The Hall–Kier alpha value is -0.150. The van der Waals surface area contributed by atoms with E-state index < -0.39 is 5.60 Å². The zero-order chi connectivity index (χ0) is 14.1. The number of aliphatic hydroxyl groups is 1. The Bertz CT molecular complexity index is 298. The van der Waals surface area contributed by atoms with Gasteiger partial charge in [-0.1, -0.05) is 39.9 Å². The topological polar surface area (TPSA) is 23.5 Å². The van der Waals surface area contributed by atoms with Crippen LogP contribution in [0.15, 0.2) is 0 Å². The van der Waals surface area contributed by atoms with Gasteiger partial charge in [0.2, 0.25) is 0 Å². The molecule has 0 saturated heterocycles. The SMILES string of the molecule is CC(C(=S)N(C)C)C1(O)CCC(C(C)(C)C)CC1. The van der Waals surface area contributed by atoms with Crippen molar-refractivity contribution in [3.63, 3.8) is 0 Å². The number of hydrogen-bond donors (Lipinski definition) is 1. The Morgan fingerprint density at radius 3 is 2.06 bits per heavy atom. The molecule has 1 fully saturated rings. The van der Waals surface area contributed by atoms with E-state index in [-0.39, 0.29) is 5.92 Å². The van der Waals surface area contributed by atoms with Crippen LogP contribution in [0.4, 0.5) is 0 Å². The molecule has 106 valence electrons. The predicted octanol–water partition coefficient (Wildman–Crippen LogP) is 3.48. The first-order valence-corrected chi connectivity index (χ1v) is 7.42. The van der Waals surface area contributed by atoms with Gasteiger partial charge in [-0.3, -0.25) is 0 Å². The smallest absolute Gasteiger partial charge is 0.0831 e. The maximum absolute atomic E-state index is 10.8. The lowest BCUT2D eigenvalue weighted by Gasteiger charge is -2.44. The standard InChI is InChI=1S/C15H29NOS/c1-11(13(18)16(5)6)15(17)9-7-12(8-10-15)14(2,3)4/h11-12,17H,7-10H2,1-6H3. The molecule has 3 heteroatoms. The van der Waals surface area contributed by atoms with Crippen LogP contribution in [0, 0.1) is 17.3 Å². The Balaban J connectivity index is 2.67. The van der Waals surface area contributed by atoms with Crippen molar-refractivity contribution in [2.75, 3.05) is 14.1 Å². The van der Waals surface area contributed by atoms with Crippen LogP contribution in [0.2, 0.25) is 0 Å². The van der Waals surface area contributed by atoms with E-state index >= 15 is 0 Å². The molecule has 1 N–H and O–H groups in total. The van der Waals surface area contributed by atoms with E-state index in [0.717, 1.165) is 36.6 Å². The summed E-state index contributed by atoms with van der Waals surface area (Å²) in [5, 5.41) is 10.8. The van der Waals surface area contributed by atoms with Gasteiger partial charge in [-0.15, -0.1) is 0 Å². The van der Waals surface area contributed by atoms with E-state index in [0.29, 0.717) is 5.41 Å². The lowest BCUT2D eigenvalue weighted by atomic mass is 9.65. The van der Waals surface area contributed by atoms with Gasteiger partial charge in [0.05, 0.1) is 10.6 Å². The van der Waals surface area contributed by atoms with Crippen molar-refractivity contribution in [2.45, 2.75) is 59.0 Å². The van der Waals surface area contributed by atoms with Crippen LogP contribution in [-0.4, -0.2) is 34.7 Å². The Labute approximate surface area is 118 Å². The monoisotopic (exact) mass is 271 g/mol. The van der Waals surface area contributed by atoms with Gasteiger partial charge >= 0.3 is 0 Å². The lowest BCUT2D eigenvalue weighted by Crippen LogP contribution is -2.47. The molecule has 1 atom stereocenters. The number of hydrogen-bond acceptors (Lipinski definition) is 2. The Morgan fingerprint density at radius 1 is 1.28 bits per heavy atom. The van der Waals surface area contributed by atoms with E-state index in [4.69, 9.17) is 12.2 Å². The largest absolute Gasteiger partial charge is 0.389 e. The molecule has 1 aliphatic carbocycles.